The normalized spacial score (nSPS) is 11.3. The average molecular weight is 432 g/mol. The molecule has 0 bridgehead atoms. The zero-order chi connectivity index (χ0) is 22.6. The van der Waals surface area contributed by atoms with E-state index in [-0.39, 0.29) is 24.6 Å². The first-order chi connectivity index (χ1) is 14.6. The van der Waals surface area contributed by atoms with Gasteiger partial charge in [0.25, 0.3) is 0 Å². The number of hydrogen-bond acceptors (Lipinski definition) is 5. The van der Waals surface area contributed by atoms with Crippen molar-refractivity contribution in [2.45, 2.75) is 20.0 Å². The van der Waals surface area contributed by atoms with Crippen LogP contribution in [0.15, 0.2) is 59.4 Å². The number of halogens is 3. The van der Waals surface area contributed by atoms with Gasteiger partial charge in [-0.1, -0.05) is 23.8 Å². The van der Waals surface area contributed by atoms with E-state index in [9.17, 15) is 22.8 Å². The smallest absolute Gasteiger partial charge is 0.416 e. The van der Waals surface area contributed by atoms with Crippen LogP contribution in [0.2, 0.25) is 0 Å². The number of aromatic nitrogens is 2. The predicted molar refractivity (Wildman–Crippen MR) is 107 cm³/mol. The molecular formula is C22H19F3N2O4. The lowest BCUT2D eigenvalue weighted by molar-refractivity contribution is -0.137. The van der Waals surface area contributed by atoms with Gasteiger partial charge in [-0.25, -0.2) is 9.48 Å². The second-order valence-corrected chi connectivity index (χ2v) is 6.76. The van der Waals surface area contributed by atoms with Gasteiger partial charge in [0, 0.05) is 11.8 Å². The summed E-state index contributed by atoms with van der Waals surface area (Å²) >= 11 is 0. The molecule has 2 aromatic carbocycles. The molecule has 3 rings (SSSR count). The van der Waals surface area contributed by atoms with Gasteiger partial charge in [-0.05, 0) is 44.2 Å². The van der Waals surface area contributed by atoms with Crippen molar-refractivity contribution in [2.24, 2.45) is 0 Å². The standard InChI is InChI=1S/C22H19F3N2O4/c1-14-6-8-18(9-7-14)30-10-11-31-21(29)20-19(28)12-15(2)27(26-20)17-5-3-4-16(13-17)22(23,24)25/h3-9,12-13H,10-11H2,1-2H3. The molecule has 31 heavy (non-hydrogen) atoms. The summed E-state index contributed by atoms with van der Waals surface area (Å²) in [5.74, 6) is -0.389. The Morgan fingerprint density at radius 2 is 1.74 bits per heavy atom. The lowest BCUT2D eigenvalue weighted by Crippen LogP contribution is -2.25. The van der Waals surface area contributed by atoms with Gasteiger partial charge >= 0.3 is 12.1 Å². The fourth-order valence-corrected chi connectivity index (χ4v) is 2.76. The Hall–Kier alpha value is -3.62. The zero-order valence-electron chi connectivity index (χ0n) is 16.8. The predicted octanol–water partition coefficient (Wildman–Crippen LogP) is 4.10. The molecule has 0 atom stereocenters. The van der Waals surface area contributed by atoms with Crippen molar-refractivity contribution in [1.82, 2.24) is 9.78 Å². The summed E-state index contributed by atoms with van der Waals surface area (Å²) < 4.78 is 50.6. The van der Waals surface area contributed by atoms with Crippen molar-refractivity contribution >= 4 is 5.97 Å². The Bertz CT molecular complexity index is 1140. The summed E-state index contributed by atoms with van der Waals surface area (Å²) in [6.07, 6.45) is -4.54. The van der Waals surface area contributed by atoms with Gasteiger partial charge in [0.1, 0.15) is 19.0 Å². The van der Waals surface area contributed by atoms with Crippen LogP contribution >= 0.6 is 0 Å². The number of benzene rings is 2. The van der Waals surface area contributed by atoms with E-state index < -0.39 is 28.8 Å². The molecule has 162 valence electrons. The van der Waals surface area contributed by atoms with Crippen LogP contribution < -0.4 is 10.2 Å². The molecule has 6 nitrogen and oxygen atoms in total. The number of alkyl halides is 3. The van der Waals surface area contributed by atoms with E-state index in [4.69, 9.17) is 9.47 Å². The Morgan fingerprint density at radius 3 is 2.42 bits per heavy atom. The maximum Gasteiger partial charge on any atom is 0.416 e. The van der Waals surface area contributed by atoms with Crippen LogP contribution in [0.5, 0.6) is 5.75 Å². The molecule has 0 spiro atoms. The lowest BCUT2D eigenvalue weighted by atomic mass is 10.2. The van der Waals surface area contributed by atoms with Crippen LogP contribution in [-0.2, 0) is 10.9 Å². The first-order valence-corrected chi connectivity index (χ1v) is 9.30. The van der Waals surface area contributed by atoms with E-state index in [1.54, 1.807) is 12.1 Å². The molecular weight excluding hydrogens is 413 g/mol. The minimum Gasteiger partial charge on any atom is -0.490 e. The van der Waals surface area contributed by atoms with Crippen molar-refractivity contribution in [1.29, 1.82) is 0 Å². The van der Waals surface area contributed by atoms with E-state index >= 15 is 0 Å². The Morgan fingerprint density at radius 1 is 1.03 bits per heavy atom. The molecule has 0 radical (unpaired) electrons. The number of carbonyl (C=O) groups is 1. The quantitative estimate of drug-likeness (QED) is 0.433. The molecule has 0 aliphatic rings. The monoisotopic (exact) mass is 432 g/mol. The molecule has 1 aromatic heterocycles. The van der Waals surface area contributed by atoms with Crippen molar-refractivity contribution < 1.29 is 27.4 Å². The number of nitrogens with zero attached hydrogens (tertiary/aromatic N) is 2. The number of hydrogen-bond donors (Lipinski definition) is 0. The molecule has 0 saturated carbocycles. The molecule has 0 amide bonds. The molecule has 3 aromatic rings. The highest BCUT2D eigenvalue weighted by molar-refractivity contribution is 5.86. The van der Waals surface area contributed by atoms with Gasteiger partial charge in [0.2, 0.25) is 11.1 Å². The summed E-state index contributed by atoms with van der Waals surface area (Å²) in [6, 6.07) is 12.8. The topological polar surface area (TPSA) is 70.4 Å². The Kier molecular flexibility index (Phi) is 6.43. The minimum absolute atomic E-state index is 0.0580. The highest BCUT2D eigenvalue weighted by Crippen LogP contribution is 2.30. The Labute approximate surface area is 175 Å². The second-order valence-electron chi connectivity index (χ2n) is 6.76. The maximum atomic E-state index is 13.0. The molecule has 1 heterocycles. The maximum absolute atomic E-state index is 13.0. The van der Waals surface area contributed by atoms with Crippen molar-refractivity contribution in [3.8, 4) is 11.4 Å². The molecule has 0 N–H and O–H groups in total. The summed E-state index contributed by atoms with van der Waals surface area (Å²) in [5.41, 5.74) is -0.695. The molecule has 0 fully saturated rings. The molecule has 9 heteroatoms. The van der Waals surface area contributed by atoms with E-state index in [1.807, 2.05) is 19.1 Å². The van der Waals surface area contributed by atoms with Gasteiger partial charge < -0.3 is 9.47 Å². The van der Waals surface area contributed by atoms with Crippen LogP contribution in [-0.4, -0.2) is 29.0 Å². The first kappa shape index (κ1) is 22.1. The molecule has 0 unspecified atom stereocenters. The third-order valence-electron chi connectivity index (χ3n) is 4.33. The van der Waals surface area contributed by atoms with Gasteiger partial charge in [-0.15, -0.1) is 0 Å². The second kappa shape index (κ2) is 9.03. The van der Waals surface area contributed by atoms with Crippen LogP contribution in [0.3, 0.4) is 0 Å². The fraction of sp³-hybridized carbons (Fsp3) is 0.227. The van der Waals surface area contributed by atoms with Gasteiger partial charge in [0.15, 0.2) is 0 Å². The van der Waals surface area contributed by atoms with E-state index in [0.29, 0.717) is 5.75 Å². The third-order valence-corrected chi connectivity index (χ3v) is 4.33. The van der Waals surface area contributed by atoms with Crippen molar-refractivity contribution in [3.63, 3.8) is 0 Å². The summed E-state index contributed by atoms with van der Waals surface area (Å²) in [7, 11) is 0. The van der Waals surface area contributed by atoms with Gasteiger partial charge in [0.05, 0.1) is 11.3 Å². The van der Waals surface area contributed by atoms with Crippen LogP contribution in [0.1, 0.15) is 27.3 Å². The van der Waals surface area contributed by atoms with Gasteiger partial charge in [-0.3, -0.25) is 4.79 Å². The van der Waals surface area contributed by atoms with Gasteiger partial charge in [-0.2, -0.15) is 18.3 Å². The van der Waals surface area contributed by atoms with Crippen LogP contribution in [0.25, 0.3) is 5.69 Å². The SMILES string of the molecule is Cc1ccc(OCCOC(=O)c2nn(-c3cccc(C(F)(F)F)c3)c(C)cc2=O)cc1. The van der Waals surface area contributed by atoms with Crippen molar-refractivity contribution in [3.05, 3.63) is 87.3 Å². The first-order valence-electron chi connectivity index (χ1n) is 9.30. The largest absolute Gasteiger partial charge is 0.490 e. The highest BCUT2D eigenvalue weighted by Gasteiger charge is 2.30. The lowest BCUT2D eigenvalue weighted by Gasteiger charge is -2.13. The number of ether oxygens (including phenoxy) is 2. The third kappa shape index (κ3) is 5.50. The highest BCUT2D eigenvalue weighted by atomic mass is 19.4. The summed E-state index contributed by atoms with van der Waals surface area (Å²) in [6.45, 7) is 3.36. The number of aryl methyl sites for hydroxylation is 2. The zero-order valence-corrected chi connectivity index (χ0v) is 16.8. The number of carbonyl (C=O) groups excluding carboxylic acids is 1. The van der Waals surface area contributed by atoms with E-state index in [2.05, 4.69) is 5.10 Å². The Balaban J connectivity index is 1.74. The number of esters is 1. The number of rotatable bonds is 6. The van der Waals surface area contributed by atoms with Crippen LogP contribution in [0, 0.1) is 13.8 Å². The van der Waals surface area contributed by atoms with E-state index in [0.717, 1.165) is 28.4 Å². The average Bonchev–Trinajstić information content (AvgIpc) is 2.72. The summed E-state index contributed by atoms with van der Waals surface area (Å²) in [5, 5.41) is 3.93. The van der Waals surface area contributed by atoms with E-state index in [1.165, 1.54) is 19.1 Å². The van der Waals surface area contributed by atoms with Crippen molar-refractivity contribution in [2.75, 3.05) is 13.2 Å². The fourth-order valence-electron chi connectivity index (χ4n) is 2.76. The molecule has 0 aliphatic carbocycles. The van der Waals surface area contributed by atoms with Crippen LogP contribution in [0.4, 0.5) is 13.2 Å². The minimum atomic E-state index is -4.54. The molecule has 0 aliphatic heterocycles. The summed E-state index contributed by atoms with van der Waals surface area (Å²) in [4.78, 5) is 24.5. The molecule has 0 saturated heterocycles.